The minimum atomic E-state index is -0.762. The normalized spacial score (nSPS) is 12.8. The van der Waals surface area contributed by atoms with Crippen molar-refractivity contribution in [2.24, 2.45) is 0 Å². The zero-order valence-electron chi connectivity index (χ0n) is 15.3. The molecule has 0 fully saturated rings. The van der Waals surface area contributed by atoms with E-state index in [0.29, 0.717) is 33.6 Å². The largest absolute Gasteiger partial charge is 0.465 e. The molecule has 0 aliphatic heterocycles. The molecular weight excluding hydrogens is 370 g/mol. The molecule has 0 N–H and O–H groups in total. The van der Waals surface area contributed by atoms with Gasteiger partial charge < -0.3 is 9.15 Å². The van der Waals surface area contributed by atoms with E-state index in [-0.39, 0.29) is 22.9 Å². The van der Waals surface area contributed by atoms with Crippen LogP contribution in [-0.2, 0) is 9.53 Å². The van der Waals surface area contributed by atoms with Gasteiger partial charge >= 0.3 is 5.97 Å². The number of methoxy groups -OCH3 is 1. The molecule has 0 radical (unpaired) electrons. The molecule has 0 saturated heterocycles. The average molecular weight is 383 g/mol. The molecule has 3 aromatic rings. The third-order valence-corrected chi connectivity index (χ3v) is 4.65. The molecule has 4 rings (SSSR count). The van der Waals surface area contributed by atoms with Crippen LogP contribution < -0.4 is 0 Å². The van der Waals surface area contributed by atoms with Crippen LogP contribution in [0.2, 0.25) is 0 Å². The number of carbonyl (C=O) groups is 3. The van der Waals surface area contributed by atoms with Crippen molar-refractivity contribution in [2.75, 3.05) is 7.11 Å². The molecule has 2 aromatic carbocycles. The molecule has 6 nitrogen and oxygen atoms in total. The Hall–Kier alpha value is -4.24. The number of nitrogens with zero attached hydrogens (tertiary/aromatic N) is 1. The summed E-state index contributed by atoms with van der Waals surface area (Å²) in [7, 11) is 1.19. The number of carbonyl (C=O) groups excluding carboxylic acids is 3. The van der Waals surface area contributed by atoms with E-state index < -0.39 is 5.97 Å². The van der Waals surface area contributed by atoms with Gasteiger partial charge in [-0.15, -0.1) is 0 Å². The highest BCUT2D eigenvalue weighted by Crippen LogP contribution is 2.31. The highest BCUT2D eigenvalue weighted by Gasteiger charge is 2.29. The predicted molar refractivity (Wildman–Crippen MR) is 103 cm³/mol. The van der Waals surface area contributed by atoms with Crippen molar-refractivity contribution < 1.29 is 23.5 Å². The maximum atomic E-state index is 12.9. The second-order valence-electron chi connectivity index (χ2n) is 6.33. The van der Waals surface area contributed by atoms with Crippen LogP contribution in [0.3, 0.4) is 0 Å². The third kappa shape index (κ3) is 3.05. The first-order chi connectivity index (χ1) is 14.0. The summed E-state index contributed by atoms with van der Waals surface area (Å²) in [5, 5.41) is 9.05. The smallest absolute Gasteiger partial charge is 0.348 e. The van der Waals surface area contributed by atoms with Gasteiger partial charge in [0.1, 0.15) is 23.2 Å². The zero-order valence-corrected chi connectivity index (χ0v) is 15.3. The van der Waals surface area contributed by atoms with Crippen molar-refractivity contribution in [3.05, 3.63) is 88.2 Å². The molecule has 0 bridgehead atoms. The Morgan fingerprint density at radius 3 is 2.28 bits per heavy atom. The molecule has 0 saturated carbocycles. The Kier molecular flexibility index (Phi) is 4.41. The fraction of sp³-hybridized carbons (Fsp3) is 0.0435. The van der Waals surface area contributed by atoms with E-state index in [1.165, 1.54) is 13.2 Å². The van der Waals surface area contributed by atoms with Gasteiger partial charge in [-0.3, -0.25) is 9.59 Å². The van der Waals surface area contributed by atoms with Crippen molar-refractivity contribution in [3.63, 3.8) is 0 Å². The van der Waals surface area contributed by atoms with Crippen LogP contribution in [0.4, 0.5) is 0 Å². The summed E-state index contributed by atoms with van der Waals surface area (Å²) >= 11 is 0. The maximum Gasteiger partial charge on any atom is 0.348 e. The Balaban J connectivity index is 1.73. The topological polar surface area (TPSA) is 97.4 Å². The molecule has 140 valence electrons. The summed E-state index contributed by atoms with van der Waals surface area (Å²) in [5.74, 6) is -0.461. The lowest BCUT2D eigenvalue weighted by molar-refractivity contribution is -0.135. The summed E-state index contributed by atoms with van der Waals surface area (Å²) in [6.07, 6.45) is 1.28. The van der Waals surface area contributed by atoms with Crippen LogP contribution >= 0.6 is 0 Å². The van der Waals surface area contributed by atoms with E-state index in [4.69, 9.17) is 9.68 Å². The van der Waals surface area contributed by atoms with Crippen LogP contribution in [0.15, 0.2) is 64.6 Å². The number of benzene rings is 2. The van der Waals surface area contributed by atoms with Crippen LogP contribution in [0.1, 0.15) is 37.6 Å². The number of hydrogen-bond acceptors (Lipinski definition) is 6. The van der Waals surface area contributed by atoms with Crippen LogP contribution in [0.5, 0.6) is 0 Å². The highest BCUT2D eigenvalue weighted by atomic mass is 16.5. The lowest BCUT2D eigenvalue weighted by Crippen LogP contribution is -2.20. The molecular formula is C23H13NO5. The third-order valence-electron chi connectivity index (χ3n) is 4.65. The summed E-state index contributed by atoms with van der Waals surface area (Å²) in [4.78, 5) is 37.1. The van der Waals surface area contributed by atoms with Gasteiger partial charge in [0, 0.05) is 33.9 Å². The predicted octanol–water partition coefficient (Wildman–Crippen LogP) is 3.80. The van der Waals surface area contributed by atoms with Crippen molar-refractivity contribution in [3.8, 4) is 17.4 Å². The van der Waals surface area contributed by atoms with Gasteiger partial charge in [-0.25, -0.2) is 4.79 Å². The maximum absolute atomic E-state index is 12.9. The fourth-order valence-electron chi connectivity index (χ4n) is 3.23. The van der Waals surface area contributed by atoms with E-state index in [0.717, 1.165) is 0 Å². The number of furan rings is 1. The second kappa shape index (κ2) is 7.06. The zero-order chi connectivity index (χ0) is 20.5. The standard InChI is InChI=1S/C23H13NO5/c1-28-23(27)14(12-24)10-15-7-9-20(29-15)13-6-8-18-19(11-13)22(26)17-5-3-2-4-16(17)21(18)25/h2-11H,1H3/b14-10+. The molecule has 0 amide bonds. The molecule has 1 aliphatic rings. The quantitative estimate of drug-likeness (QED) is 0.303. The Morgan fingerprint density at radius 1 is 0.966 bits per heavy atom. The molecule has 1 heterocycles. The van der Waals surface area contributed by atoms with Crippen molar-refractivity contribution >= 4 is 23.6 Å². The van der Waals surface area contributed by atoms with Crippen LogP contribution in [0, 0.1) is 11.3 Å². The van der Waals surface area contributed by atoms with Gasteiger partial charge in [-0.05, 0) is 24.3 Å². The number of esters is 1. The van der Waals surface area contributed by atoms with E-state index in [1.807, 2.05) is 0 Å². The molecule has 29 heavy (non-hydrogen) atoms. The number of hydrogen-bond donors (Lipinski definition) is 0. The number of nitriles is 1. The second-order valence-corrected chi connectivity index (χ2v) is 6.33. The molecule has 6 heteroatoms. The van der Waals surface area contributed by atoms with Gasteiger partial charge in [0.15, 0.2) is 11.6 Å². The van der Waals surface area contributed by atoms with Gasteiger partial charge in [0.05, 0.1) is 7.11 Å². The summed E-state index contributed by atoms with van der Waals surface area (Å²) in [5.41, 5.74) is 1.84. The Labute approximate surface area is 165 Å². The van der Waals surface area contributed by atoms with Gasteiger partial charge in [0.25, 0.3) is 0 Å². The highest BCUT2D eigenvalue weighted by molar-refractivity contribution is 6.28. The Morgan fingerprint density at radius 2 is 1.62 bits per heavy atom. The first-order valence-electron chi connectivity index (χ1n) is 8.66. The summed E-state index contributed by atoms with van der Waals surface area (Å²) in [6.45, 7) is 0. The van der Waals surface area contributed by atoms with Gasteiger partial charge in [-0.1, -0.05) is 30.3 Å². The molecule has 0 atom stereocenters. The number of fused-ring (bicyclic) bond motifs is 2. The summed E-state index contributed by atoms with van der Waals surface area (Å²) in [6, 6.07) is 16.6. The molecule has 1 aliphatic carbocycles. The van der Waals surface area contributed by atoms with Crippen molar-refractivity contribution in [2.45, 2.75) is 0 Å². The lowest BCUT2D eigenvalue weighted by Gasteiger charge is -2.17. The van der Waals surface area contributed by atoms with E-state index in [9.17, 15) is 14.4 Å². The number of ether oxygens (including phenoxy) is 1. The molecule has 0 spiro atoms. The minimum Gasteiger partial charge on any atom is -0.465 e. The monoisotopic (exact) mass is 383 g/mol. The summed E-state index contributed by atoms with van der Waals surface area (Å²) < 4.78 is 10.2. The fourth-order valence-corrected chi connectivity index (χ4v) is 3.23. The van der Waals surface area contributed by atoms with Crippen molar-refractivity contribution in [1.29, 1.82) is 5.26 Å². The lowest BCUT2D eigenvalue weighted by atomic mass is 9.83. The van der Waals surface area contributed by atoms with E-state index >= 15 is 0 Å². The first kappa shape index (κ1) is 18.1. The SMILES string of the molecule is COC(=O)/C(C#N)=C/c1ccc(-c2ccc3c(c2)C(=O)c2ccccc2C3=O)o1. The molecule has 0 unspecified atom stereocenters. The minimum absolute atomic E-state index is 0.193. The number of ketones is 2. The van der Waals surface area contributed by atoms with Gasteiger partial charge in [-0.2, -0.15) is 5.26 Å². The number of rotatable bonds is 3. The van der Waals surface area contributed by atoms with Crippen molar-refractivity contribution in [1.82, 2.24) is 0 Å². The van der Waals surface area contributed by atoms with E-state index in [2.05, 4.69) is 4.74 Å². The van der Waals surface area contributed by atoms with E-state index in [1.54, 1.807) is 60.7 Å². The molecule has 1 aromatic heterocycles. The van der Waals surface area contributed by atoms with Crippen LogP contribution in [0.25, 0.3) is 17.4 Å². The average Bonchev–Trinajstić information content (AvgIpc) is 3.23. The Bertz CT molecular complexity index is 1260. The first-order valence-corrected chi connectivity index (χ1v) is 8.66. The van der Waals surface area contributed by atoms with Gasteiger partial charge in [0.2, 0.25) is 0 Å². The van der Waals surface area contributed by atoms with Crippen LogP contribution in [-0.4, -0.2) is 24.6 Å².